The topological polar surface area (TPSA) is 9.23 Å². The van der Waals surface area contributed by atoms with Gasteiger partial charge in [-0.25, -0.2) is 0 Å². The smallest absolute Gasteiger partial charge is 0.203 e. The van der Waals surface area contributed by atoms with Gasteiger partial charge in [0.2, 0.25) is 8.32 Å². The highest BCUT2D eigenvalue weighted by atomic mass is 28.4. The molecule has 0 radical (unpaired) electrons. The summed E-state index contributed by atoms with van der Waals surface area (Å²) in [4.78, 5) is 0. The highest BCUT2D eigenvalue weighted by Crippen LogP contribution is 2.38. The summed E-state index contributed by atoms with van der Waals surface area (Å²) in [6.45, 7) is 19.5. The second-order valence-electron chi connectivity index (χ2n) is 6.39. The van der Waals surface area contributed by atoms with Crippen molar-refractivity contribution in [3.05, 3.63) is 12.7 Å². The zero-order valence-electron chi connectivity index (χ0n) is 13.9. The van der Waals surface area contributed by atoms with E-state index in [0.29, 0.717) is 17.0 Å². The monoisotopic (exact) mass is 280 g/mol. The van der Waals surface area contributed by atoms with Gasteiger partial charge in [0, 0.05) is 0 Å². The molecule has 0 bridgehead atoms. The first kappa shape index (κ1) is 18.5. The lowest BCUT2D eigenvalue weighted by Gasteiger charge is -2.40. The molecule has 0 amide bonds. The van der Waals surface area contributed by atoms with Crippen LogP contribution in [0.15, 0.2) is 12.7 Å². The van der Waals surface area contributed by atoms with Crippen LogP contribution < -0.4 is 0 Å². The number of hydrogen-bond acceptors (Lipinski definition) is 1. The third-order valence-electron chi connectivity index (χ3n) is 3.77. The van der Waals surface area contributed by atoms with Gasteiger partial charge in [-0.15, -0.1) is 12.5 Å². The molecule has 0 saturated heterocycles. The van der Waals surface area contributed by atoms with Gasteiger partial charge in [-0.1, -0.05) is 53.5 Å². The first-order chi connectivity index (χ1) is 8.80. The van der Waals surface area contributed by atoms with Gasteiger partial charge >= 0.3 is 0 Å². The van der Waals surface area contributed by atoms with E-state index < -0.39 is 8.32 Å². The molecule has 1 nitrogen and oxygen atoms in total. The highest BCUT2D eigenvalue weighted by molar-refractivity contribution is 6.76. The Labute approximate surface area is 122 Å². The SMILES string of the molecule is C=CC[Si](OC(C#CC)CC(C)C)(C(C)C)C(C)C. The average molecular weight is 281 g/mol. The van der Waals surface area contributed by atoms with Crippen molar-refractivity contribution < 1.29 is 4.43 Å². The van der Waals surface area contributed by atoms with Crippen molar-refractivity contribution in [1.29, 1.82) is 0 Å². The number of allylic oxidation sites excluding steroid dienone is 1. The van der Waals surface area contributed by atoms with Gasteiger partial charge < -0.3 is 4.43 Å². The highest BCUT2D eigenvalue weighted by Gasteiger charge is 2.42. The molecule has 0 aromatic carbocycles. The van der Waals surface area contributed by atoms with Crippen molar-refractivity contribution in [2.45, 2.75) is 78.1 Å². The quantitative estimate of drug-likeness (QED) is 0.329. The lowest BCUT2D eigenvalue weighted by molar-refractivity contribution is 0.205. The van der Waals surface area contributed by atoms with Crippen molar-refractivity contribution in [2.75, 3.05) is 0 Å². The van der Waals surface area contributed by atoms with Crippen LogP contribution in [0.2, 0.25) is 17.1 Å². The van der Waals surface area contributed by atoms with Crippen molar-refractivity contribution in [1.82, 2.24) is 0 Å². The van der Waals surface area contributed by atoms with Gasteiger partial charge in [0.05, 0.1) is 0 Å². The van der Waals surface area contributed by atoms with Crippen LogP contribution in [-0.2, 0) is 4.43 Å². The summed E-state index contributed by atoms with van der Waals surface area (Å²) in [6.07, 6.45) is 3.14. The zero-order chi connectivity index (χ0) is 15.1. The lowest BCUT2D eigenvalue weighted by atomic mass is 10.1. The van der Waals surface area contributed by atoms with Crippen molar-refractivity contribution in [3.8, 4) is 11.8 Å². The Balaban J connectivity index is 5.22. The first-order valence-electron chi connectivity index (χ1n) is 7.51. The summed E-state index contributed by atoms with van der Waals surface area (Å²) in [7, 11) is -1.84. The first-order valence-corrected chi connectivity index (χ1v) is 9.78. The summed E-state index contributed by atoms with van der Waals surface area (Å²) in [6, 6.07) is 1.02. The third-order valence-corrected chi connectivity index (χ3v) is 9.33. The summed E-state index contributed by atoms with van der Waals surface area (Å²) >= 11 is 0. The predicted molar refractivity (Wildman–Crippen MR) is 88.7 cm³/mol. The lowest BCUT2D eigenvalue weighted by Crippen LogP contribution is -2.47. The normalized spacial score (nSPS) is 13.6. The van der Waals surface area contributed by atoms with Gasteiger partial charge in [0.1, 0.15) is 6.10 Å². The van der Waals surface area contributed by atoms with E-state index in [9.17, 15) is 0 Å². The number of hydrogen-bond donors (Lipinski definition) is 0. The maximum Gasteiger partial charge on any atom is 0.203 e. The Morgan fingerprint density at radius 3 is 1.95 bits per heavy atom. The minimum atomic E-state index is -1.84. The fraction of sp³-hybridized carbons (Fsp3) is 0.765. The second-order valence-corrected chi connectivity index (χ2v) is 11.3. The predicted octanol–water partition coefficient (Wildman–Crippen LogP) is 5.39. The van der Waals surface area contributed by atoms with E-state index >= 15 is 0 Å². The standard InChI is InChI=1S/C17H32OSi/c1-9-11-17(13-14(3)4)18-19(12-10-2,15(5)6)16(7)8/h10,14-17H,2,12-13H2,1,3-8H3. The largest absolute Gasteiger partial charge is 0.402 e. The van der Waals surface area contributed by atoms with E-state index in [1.54, 1.807) is 0 Å². The van der Waals surface area contributed by atoms with Gasteiger partial charge in [-0.05, 0) is 36.4 Å². The van der Waals surface area contributed by atoms with Crippen molar-refractivity contribution >= 4 is 8.32 Å². The molecular formula is C17H32OSi. The number of rotatable bonds is 8. The molecule has 0 aliphatic carbocycles. The van der Waals surface area contributed by atoms with Crippen molar-refractivity contribution in [2.24, 2.45) is 5.92 Å². The Kier molecular flexibility index (Phi) is 8.37. The van der Waals surface area contributed by atoms with Gasteiger partial charge in [0.15, 0.2) is 0 Å². The molecule has 0 aliphatic rings. The molecule has 0 aromatic rings. The molecule has 0 rings (SSSR count). The molecule has 0 saturated carbocycles. The Bertz CT molecular complexity index is 312. The third kappa shape index (κ3) is 5.54. The Morgan fingerprint density at radius 1 is 1.11 bits per heavy atom. The fourth-order valence-electron chi connectivity index (χ4n) is 2.67. The van der Waals surface area contributed by atoms with E-state index in [4.69, 9.17) is 4.43 Å². The summed E-state index contributed by atoms with van der Waals surface area (Å²) in [5.74, 6) is 6.91. The van der Waals surface area contributed by atoms with Crippen molar-refractivity contribution in [3.63, 3.8) is 0 Å². The van der Waals surface area contributed by atoms with Crippen LogP contribution in [0.5, 0.6) is 0 Å². The van der Waals surface area contributed by atoms with Crippen LogP contribution in [-0.4, -0.2) is 14.4 Å². The minimum absolute atomic E-state index is 0.0846. The minimum Gasteiger partial charge on any atom is -0.402 e. The summed E-state index contributed by atoms with van der Waals surface area (Å²) in [5.41, 5.74) is 1.16. The molecule has 0 spiro atoms. The molecule has 0 heterocycles. The van der Waals surface area contributed by atoms with Crippen LogP contribution in [0.25, 0.3) is 0 Å². The van der Waals surface area contributed by atoms with Gasteiger partial charge in [0.25, 0.3) is 0 Å². The van der Waals surface area contributed by atoms with Crippen LogP contribution in [0.4, 0.5) is 0 Å². The summed E-state index contributed by atoms with van der Waals surface area (Å²) < 4.78 is 6.65. The molecule has 0 aliphatic heterocycles. The second kappa shape index (κ2) is 8.61. The van der Waals surface area contributed by atoms with E-state index in [1.165, 1.54) is 0 Å². The molecule has 1 unspecified atom stereocenters. The fourth-order valence-corrected chi connectivity index (χ4v) is 6.73. The molecular weight excluding hydrogens is 248 g/mol. The molecule has 1 atom stereocenters. The van der Waals surface area contributed by atoms with Crippen LogP contribution in [0, 0.1) is 17.8 Å². The Morgan fingerprint density at radius 2 is 1.63 bits per heavy atom. The molecule has 0 N–H and O–H groups in total. The average Bonchev–Trinajstić information content (AvgIpc) is 2.26. The maximum atomic E-state index is 6.65. The van der Waals surface area contributed by atoms with Gasteiger partial charge in [-0.3, -0.25) is 0 Å². The van der Waals surface area contributed by atoms with E-state index in [0.717, 1.165) is 12.5 Å². The van der Waals surface area contributed by atoms with Gasteiger partial charge in [-0.2, -0.15) is 0 Å². The van der Waals surface area contributed by atoms with Crippen LogP contribution >= 0.6 is 0 Å². The maximum absolute atomic E-state index is 6.65. The molecule has 2 heteroatoms. The Hall–Kier alpha value is -0.523. The summed E-state index contributed by atoms with van der Waals surface area (Å²) in [5, 5.41) is 0. The van der Waals surface area contributed by atoms with E-state index in [2.05, 4.69) is 60.0 Å². The molecule has 0 aromatic heterocycles. The molecule has 110 valence electrons. The van der Waals surface area contributed by atoms with E-state index in [-0.39, 0.29) is 6.10 Å². The molecule has 19 heavy (non-hydrogen) atoms. The van der Waals surface area contributed by atoms with Crippen LogP contribution in [0.1, 0.15) is 54.9 Å². The van der Waals surface area contributed by atoms with E-state index in [1.807, 2.05) is 13.0 Å². The molecule has 0 fully saturated rings. The zero-order valence-corrected chi connectivity index (χ0v) is 14.9. The van der Waals surface area contributed by atoms with Crippen LogP contribution in [0.3, 0.4) is 0 Å².